The quantitative estimate of drug-likeness (QED) is 0.748. The fraction of sp³-hybridized carbons (Fsp3) is 0.929. The lowest BCUT2D eigenvalue weighted by Crippen LogP contribution is -2.38. The summed E-state index contributed by atoms with van der Waals surface area (Å²) in [4.78, 5) is 11.8. The molecule has 100 valence electrons. The van der Waals surface area contributed by atoms with E-state index < -0.39 is 0 Å². The molecule has 1 aliphatic heterocycles. The molecule has 2 N–H and O–H groups in total. The Kier molecular flexibility index (Phi) is 6.56. The van der Waals surface area contributed by atoms with Crippen LogP contribution in [0, 0.1) is 11.8 Å². The molecule has 1 amide bonds. The van der Waals surface area contributed by atoms with E-state index in [4.69, 9.17) is 0 Å². The Hall–Kier alpha value is -0.570. The van der Waals surface area contributed by atoms with Gasteiger partial charge >= 0.3 is 0 Å². The van der Waals surface area contributed by atoms with Crippen LogP contribution in [-0.4, -0.2) is 25.0 Å². The summed E-state index contributed by atoms with van der Waals surface area (Å²) >= 11 is 0. The second-order valence-corrected chi connectivity index (χ2v) is 5.56. The van der Waals surface area contributed by atoms with Gasteiger partial charge in [0.1, 0.15) is 0 Å². The number of hydrogen-bond acceptors (Lipinski definition) is 2. The summed E-state index contributed by atoms with van der Waals surface area (Å²) in [6.45, 7) is 8.71. The van der Waals surface area contributed by atoms with Crippen molar-refractivity contribution in [2.75, 3.05) is 13.1 Å². The fourth-order valence-electron chi connectivity index (χ4n) is 2.52. The maximum atomic E-state index is 11.8. The van der Waals surface area contributed by atoms with E-state index in [0.29, 0.717) is 18.4 Å². The zero-order valence-corrected chi connectivity index (χ0v) is 11.6. The first-order chi connectivity index (χ1) is 8.13. The third-order valence-electron chi connectivity index (χ3n) is 3.83. The Morgan fingerprint density at radius 3 is 2.53 bits per heavy atom. The van der Waals surface area contributed by atoms with Crippen molar-refractivity contribution >= 4 is 5.91 Å². The zero-order valence-electron chi connectivity index (χ0n) is 11.6. The summed E-state index contributed by atoms with van der Waals surface area (Å²) in [5.41, 5.74) is 0. The van der Waals surface area contributed by atoms with E-state index in [1.807, 2.05) is 0 Å². The Balaban J connectivity index is 2.19. The van der Waals surface area contributed by atoms with Gasteiger partial charge in [0.2, 0.25) is 5.91 Å². The lowest BCUT2D eigenvalue weighted by molar-refractivity contribution is -0.122. The molecule has 0 radical (unpaired) electrons. The van der Waals surface area contributed by atoms with Crippen molar-refractivity contribution in [1.82, 2.24) is 10.6 Å². The van der Waals surface area contributed by atoms with Crippen LogP contribution in [0.1, 0.15) is 52.9 Å². The topological polar surface area (TPSA) is 41.1 Å². The van der Waals surface area contributed by atoms with Gasteiger partial charge in [-0.05, 0) is 50.6 Å². The molecule has 0 saturated carbocycles. The highest BCUT2D eigenvalue weighted by atomic mass is 16.1. The molecule has 1 aliphatic rings. The van der Waals surface area contributed by atoms with Crippen LogP contribution in [-0.2, 0) is 4.79 Å². The molecule has 0 aliphatic carbocycles. The van der Waals surface area contributed by atoms with E-state index in [-0.39, 0.29) is 5.91 Å². The summed E-state index contributed by atoms with van der Waals surface area (Å²) in [5.74, 6) is 1.52. The van der Waals surface area contributed by atoms with E-state index in [0.717, 1.165) is 31.8 Å². The van der Waals surface area contributed by atoms with Gasteiger partial charge < -0.3 is 10.6 Å². The van der Waals surface area contributed by atoms with Crippen LogP contribution in [0.5, 0.6) is 0 Å². The summed E-state index contributed by atoms with van der Waals surface area (Å²) in [5, 5.41) is 6.51. The number of carbonyl (C=O) groups excluding carboxylic acids is 1. The van der Waals surface area contributed by atoms with E-state index in [1.54, 1.807) is 0 Å². The first kappa shape index (κ1) is 14.5. The average molecular weight is 240 g/mol. The summed E-state index contributed by atoms with van der Waals surface area (Å²) in [6.07, 6.45) is 5.25. The second kappa shape index (κ2) is 7.70. The Morgan fingerprint density at radius 2 is 2.00 bits per heavy atom. The molecule has 1 atom stereocenters. The number of carbonyl (C=O) groups is 1. The van der Waals surface area contributed by atoms with Crippen LogP contribution in [0.4, 0.5) is 0 Å². The van der Waals surface area contributed by atoms with Gasteiger partial charge in [-0.1, -0.05) is 20.8 Å². The average Bonchev–Trinajstić information content (AvgIpc) is 2.34. The summed E-state index contributed by atoms with van der Waals surface area (Å²) in [7, 11) is 0. The maximum absolute atomic E-state index is 11.8. The molecule has 0 spiro atoms. The van der Waals surface area contributed by atoms with Crippen molar-refractivity contribution in [2.24, 2.45) is 11.8 Å². The number of piperidine rings is 1. The molecule has 1 fully saturated rings. The smallest absolute Gasteiger partial charge is 0.220 e. The monoisotopic (exact) mass is 240 g/mol. The molecule has 0 aromatic rings. The highest BCUT2D eigenvalue weighted by Crippen LogP contribution is 2.17. The molecule has 17 heavy (non-hydrogen) atoms. The molecule has 1 saturated heterocycles. The number of rotatable bonds is 6. The van der Waals surface area contributed by atoms with Gasteiger partial charge in [0.15, 0.2) is 0 Å². The van der Waals surface area contributed by atoms with Gasteiger partial charge in [-0.25, -0.2) is 0 Å². The van der Waals surface area contributed by atoms with Crippen molar-refractivity contribution in [3.05, 3.63) is 0 Å². The molecule has 1 unspecified atom stereocenters. The minimum absolute atomic E-state index is 0.240. The predicted molar refractivity (Wildman–Crippen MR) is 71.9 cm³/mol. The molecular weight excluding hydrogens is 212 g/mol. The van der Waals surface area contributed by atoms with Crippen molar-refractivity contribution in [3.63, 3.8) is 0 Å². The third-order valence-corrected chi connectivity index (χ3v) is 3.83. The zero-order chi connectivity index (χ0) is 12.7. The van der Waals surface area contributed by atoms with Crippen LogP contribution in [0.3, 0.4) is 0 Å². The van der Waals surface area contributed by atoms with Gasteiger partial charge in [0.05, 0.1) is 0 Å². The number of nitrogens with one attached hydrogen (secondary N) is 2. The van der Waals surface area contributed by atoms with E-state index >= 15 is 0 Å². The second-order valence-electron chi connectivity index (χ2n) is 5.56. The lowest BCUT2D eigenvalue weighted by Gasteiger charge is -2.24. The standard InChI is InChI=1S/C14H28N2O/c1-4-13(11(2)3)16-14(17)6-5-12-7-9-15-10-8-12/h11-13,15H,4-10H2,1-3H3,(H,16,17). The van der Waals surface area contributed by atoms with Crippen LogP contribution in [0.2, 0.25) is 0 Å². The SMILES string of the molecule is CCC(NC(=O)CCC1CCNCC1)C(C)C. The molecule has 1 heterocycles. The van der Waals surface area contributed by atoms with Gasteiger partial charge in [-0.15, -0.1) is 0 Å². The van der Waals surface area contributed by atoms with Crippen LogP contribution in [0.15, 0.2) is 0 Å². The fourth-order valence-corrected chi connectivity index (χ4v) is 2.52. The third kappa shape index (κ3) is 5.53. The van der Waals surface area contributed by atoms with Crippen molar-refractivity contribution in [1.29, 1.82) is 0 Å². The highest BCUT2D eigenvalue weighted by Gasteiger charge is 2.17. The van der Waals surface area contributed by atoms with Crippen molar-refractivity contribution in [2.45, 2.75) is 58.9 Å². The highest BCUT2D eigenvalue weighted by molar-refractivity contribution is 5.76. The molecule has 0 aromatic carbocycles. The summed E-state index contributed by atoms with van der Waals surface area (Å²) in [6, 6.07) is 0.343. The Labute approximate surface area is 106 Å². The summed E-state index contributed by atoms with van der Waals surface area (Å²) < 4.78 is 0. The number of amides is 1. The van der Waals surface area contributed by atoms with Crippen molar-refractivity contribution in [3.8, 4) is 0 Å². The largest absolute Gasteiger partial charge is 0.353 e. The first-order valence-electron chi connectivity index (χ1n) is 7.13. The van der Waals surface area contributed by atoms with Gasteiger partial charge in [-0.3, -0.25) is 4.79 Å². The first-order valence-corrected chi connectivity index (χ1v) is 7.13. The molecule has 0 aromatic heterocycles. The Morgan fingerprint density at radius 1 is 1.35 bits per heavy atom. The van der Waals surface area contributed by atoms with E-state index in [1.165, 1.54) is 12.8 Å². The minimum atomic E-state index is 0.240. The molecule has 0 bridgehead atoms. The van der Waals surface area contributed by atoms with Gasteiger partial charge in [-0.2, -0.15) is 0 Å². The normalized spacial score (nSPS) is 19.3. The molecular formula is C14H28N2O. The molecule has 3 nitrogen and oxygen atoms in total. The molecule has 3 heteroatoms. The minimum Gasteiger partial charge on any atom is -0.353 e. The predicted octanol–water partition coefficient (Wildman–Crippen LogP) is 2.32. The van der Waals surface area contributed by atoms with Gasteiger partial charge in [0, 0.05) is 12.5 Å². The van der Waals surface area contributed by atoms with Crippen molar-refractivity contribution < 1.29 is 4.79 Å². The van der Waals surface area contributed by atoms with Gasteiger partial charge in [0.25, 0.3) is 0 Å². The van der Waals surface area contributed by atoms with E-state index in [9.17, 15) is 4.79 Å². The van der Waals surface area contributed by atoms with E-state index in [2.05, 4.69) is 31.4 Å². The van der Waals surface area contributed by atoms with Crippen LogP contribution < -0.4 is 10.6 Å². The lowest BCUT2D eigenvalue weighted by atomic mass is 9.93. The Bertz CT molecular complexity index is 222. The molecule has 1 rings (SSSR count). The van der Waals surface area contributed by atoms with Crippen LogP contribution >= 0.6 is 0 Å². The maximum Gasteiger partial charge on any atom is 0.220 e. The van der Waals surface area contributed by atoms with Crippen LogP contribution in [0.25, 0.3) is 0 Å². The number of hydrogen-bond donors (Lipinski definition) is 2.